The molecule has 0 spiro atoms. The quantitative estimate of drug-likeness (QED) is 0.897. The Morgan fingerprint density at radius 3 is 2.73 bits per heavy atom. The van der Waals surface area contributed by atoms with Crippen molar-refractivity contribution in [1.82, 2.24) is 4.90 Å². The SMILES string of the molecule is CCN(C)C(=O)Nc1cccc(CS(=O)C2CCCCC2)c1. The zero-order chi connectivity index (χ0) is 15.9. The summed E-state index contributed by atoms with van der Waals surface area (Å²) >= 11 is 0. The first-order valence-corrected chi connectivity index (χ1v) is 9.46. The maximum atomic E-state index is 12.5. The second-order valence-electron chi connectivity index (χ2n) is 5.93. The van der Waals surface area contributed by atoms with Crippen LogP contribution in [0.3, 0.4) is 0 Å². The number of rotatable bonds is 5. The van der Waals surface area contributed by atoms with Gasteiger partial charge in [-0.05, 0) is 37.5 Å². The first kappa shape index (κ1) is 17.0. The molecular weight excluding hydrogens is 296 g/mol. The van der Waals surface area contributed by atoms with Crippen molar-refractivity contribution in [2.45, 2.75) is 50.0 Å². The van der Waals surface area contributed by atoms with E-state index in [1.807, 2.05) is 31.2 Å². The molecule has 1 fully saturated rings. The Labute approximate surface area is 135 Å². The molecule has 2 rings (SSSR count). The second-order valence-corrected chi connectivity index (χ2v) is 7.65. The second kappa shape index (κ2) is 8.32. The molecule has 0 saturated heterocycles. The highest BCUT2D eigenvalue weighted by Crippen LogP contribution is 2.24. The highest BCUT2D eigenvalue weighted by atomic mass is 32.2. The first-order chi connectivity index (χ1) is 10.6. The number of carbonyl (C=O) groups is 1. The zero-order valence-electron chi connectivity index (χ0n) is 13.5. The lowest BCUT2D eigenvalue weighted by molar-refractivity contribution is 0.224. The average Bonchev–Trinajstić information content (AvgIpc) is 2.55. The van der Waals surface area contributed by atoms with E-state index < -0.39 is 10.8 Å². The minimum absolute atomic E-state index is 0.118. The number of nitrogens with one attached hydrogen (secondary N) is 1. The minimum atomic E-state index is -0.812. The van der Waals surface area contributed by atoms with Crippen molar-refractivity contribution in [2.75, 3.05) is 18.9 Å². The van der Waals surface area contributed by atoms with Crippen molar-refractivity contribution in [3.63, 3.8) is 0 Å². The number of carbonyl (C=O) groups excluding carboxylic acids is 1. The van der Waals surface area contributed by atoms with E-state index in [0.29, 0.717) is 17.5 Å². The van der Waals surface area contributed by atoms with Gasteiger partial charge in [-0.15, -0.1) is 0 Å². The average molecular weight is 322 g/mol. The molecule has 1 atom stereocenters. The number of hydrogen-bond donors (Lipinski definition) is 1. The molecule has 1 aliphatic rings. The van der Waals surface area contributed by atoms with E-state index in [1.165, 1.54) is 19.3 Å². The third kappa shape index (κ3) is 4.83. The van der Waals surface area contributed by atoms with Crippen LogP contribution in [0.25, 0.3) is 0 Å². The third-order valence-electron chi connectivity index (χ3n) is 4.23. The minimum Gasteiger partial charge on any atom is -0.328 e. The fourth-order valence-corrected chi connectivity index (χ4v) is 4.31. The Balaban J connectivity index is 1.96. The predicted octanol–water partition coefficient (Wildman–Crippen LogP) is 3.75. The molecule has 1 aromatic carbocycles. The summed E-state index contributed by atoms with van der Waals surface area (Å²) in [6, 6.07) is 7.58. The van der Waals surface area contributed by atoms with Crippen LogP contribution < -0.4 is 5.32 Å². The van der Waals surface area contributed by atoms with Gasteiger partial charge in [0.1, 0.15) is 0 Å². The van der Waals surface area contributed by atoms with Crippen LogP contribution in [0, 0.1) is 0 Å². The molecule has 1 unspecified atom stereocenters. The number of nitrogens with zero attached hydrogens (tertiary/aromatic N) is 1. The molecule has 0 aromatic heterocycles. The van der Waals surface area contributed by atoms with Crippen molar-refractivity contribution in [2.24, 2.45) is 0 Å². The van der Waals surface area contributed by atoms with Crippen LogP contribution in [0.4, 0.5) is 10.5 Å². The molecule has 0 aliphatic heterocycles. The van der Waals surface area contributed by atoms with Gasteiger partial charge in [0.15, 0.2) is 0 Å². The summed E-state index contributed by atoms with van der Waals surface area (Å²) in [6.45, 7) is 2.60. The molecule has 22 heavy (non-hydrogen) atoms. The summed E-state index contributed by atoms with van der Waals surface area (Å²) in [5.41, 5.74) is 1.80. The van der Waals surface area contributed by atoms with Crippen molar-refractivity contribution < 1.29 is 9.00 Å². The Kier molecular flexibility index (Phi) is 6.43. The molecule has 1 N–H and O–H groups in total. The van der Waals surface area contributed by atoms with E-state index in [0.717, 1.165) is 24.1 Å². The van der Waals surface area contributed by atoms with Crippen LogP contribution in [-0.2, 0) is 16.6 Å². The van der Waals surface area contributed by atoms with Gasteiger partial charge < -0.3 is 10.2 Å². The smallest absolute Gasteiger partial charge is 0.321 e. The Hall–Kier alpha value is -1.36. The van der Waals surface area contributed by atoms with Gasteiger partial charge in [0.25, 0.3) is 0 Å². The van der Waals surface area contributed by atoms with Gasteiger partial charge in [0.2, 0.25) is 0 Å². The van der Waals surface area contributed by atoms with Gasteiger partial charge in [-0.1, -0.05) is 31.4 Å². The lowest BCUT2D eigenvalue weighted by Crippen LogP contribution is -2.30. The van der Waals surface area contributed by atoms with Gasteiger partial charge in [-0.3, -0.25) is 4.21 Å². The molecule has 1 saturated carbocycles. The number of hydrogen-bond acceptors (Lipinski definition) is 2. The lowest BCUT2D eigenvalue weighted by atomic mass is 10.0. The summed E-state index contributed by atoms with van der Waals surface area (Å²) in [7, 11) is 0.949. The Morgan fingerprint density at radius 2 is 2.05 bits per heavy atom. The molecule has 1 aliphatic carbocycles. The standard InChI is InChI=1S/C17H26N2O2S/c1-3-19(2)17(20)18-15-9-7-8-14(12-15)13-22(21)16-10-5-4-6-11-16/h7-9,12,16H,3-6,10-11,13H2,1-2H3,(H,18,20). The van der Waals surface area contributed by atoms with Crippen molar-refractivity contribution in [3.05, 3.63) is 29.8 Å². The molecule has 2 amide bonds. The lowest BCUT2D eigenvalue weighted by Gasteiger charge is -2.21. The van der Waals surface area contributed by atoms with Crippen LogP contribution in [0.1, 0.15) is 44.6 Å². The summed E-state index contributed by atoms with van der Waals surface area (Å²) in [6.07, 6.45) is 5.86. The summed E-state index contributed by atoms with van der Waals surface area (Å²) in [5.74, 6) is 0.581. The van der Waals surface area contributed by atoms with Gasteiger partial charge in [0.05, 0.1) is 0 Å². The van der Waals surface area contributed by atoms with Crippen molar-refractivity contribution in [3.8, 4) is 0 Å². The maximum Gasteiger partial charge on any atom is 0.321 e. The number of anilines is 1. The van der Waals surface area contributed by atoms with Gasteiger partial charge in [0, 0.05) is 41.1 Å². The van der Waals surface area contributed by atoms with Crippen molar-refractivity contribution >= 4 is 22.5 Å². The van der Waals surface area contributed by atoms with Crippen molar-refractivity contribution in [1.29, 1.82) is 0 Å². The molecule has 4 nitrogen and oxygen atoms in total. The monoisotopic (exact) mass is 322 g/mol. The number of benzene rings is 1. The number of amides is 2. The van der Waals surface area contributed by atoms with Gasteiger partial charge >= 0.3 is 6.03 Å². The van der Waals surface area contributed by atoms with Gasteiger partial charge in [-0.25, -0.2) is 4.79 Å². The summed E-state index contributed by atoms with van der Waals surface area (Å²) in [4.78, 5) is 13.5. The van der Waals surface area contributed by atoms with Crippen LogP contribution in [0.15, 0.2) is 24.3 Å². The van der Waals surface area contributed by atoms with E-state index in [9.17, 15) is 9.00 Å². The Morgan fingerprint density at radius 1 is 1.32 bits per heavy atom. The van der Waals surface area contributed by atoms with Crippen LogP contribution >= 0.6 is 0 Å². The van der Waals surface area contributed by atoms with E-state index in [-0.39, 0.29) is 6.03 Å². The molecule has 122 valence electrons. The summed E-state index contributed by atoms with van der Waals surface area (Å²) in [5, 5.41) is 3.22. The molecule has 0 bridgehead atoms. The zero-order valence-corrected chi connectivity index (χ0v) is 14.3. The van der Waals surface area contributed by atoms with E-state index in [1.54, 1.807) is 11.9 Å². The third-order valence-corrected chi connectivity index (χ3v) is 6.07. The Bertz CT molecular complexity index is 527. The molecule has 1 aromatic rings. The largest absolute Gasteiger partial charge is 0.328 e. The molecule has 0 heterocycles. The fourth-order valence-electron chi connectivity index (χ4n) is 2.71. The fraction of sp³-hybridized carbons (Fsp3) is 0.588. The van der Waals surface area contributed by atoms with E-state index in [2.05, 4.69) is 5.32 Å². The maximum absolute atomic E-state index is 12.5. The molecule has 0 radical (unpaired) electrons. The van der Waals surface area contributed by atoms with Crippen LogP contribution in [0.2, 0.25) is 0 Å². The molecule has 5 heteroatoms. The number of urea groups is 1. The van der Waals surface area contributed by atoms with Crippen LogP contribution in [0.5, 0.6) is 0 Å². The molecular formula is C17H26N2O2S. The highest BCUT2D eigenvalue weighted by Gasteiger charge is 2.20. The highest BCUT2D eigenvalue weighted by molar-refractivity contribution is 7.84. The summed E-state index contributed by atoms with van der Waals surface area (Å²) < 4.78 is 12.5. The van der Waals surface area contributed by atoms with E-state index >= 15 is 0 Å². The van der Waals surface area contributed by atoms with Gasteiger partial charge in [-0.2, -0.15) is 0 Å². The van der Waals surface area contributed by atoms with E-state index in [4.69, 9.17) is 0 Å². The predicted molar refractivity (Wildman–Crippen MR) is 92.5 cm³/mol. The topological polar surface area (TPSA) is 49.4 Å². The first-order valence-electron chi connectivity index (χ1n) is 8.08. The van der Waals surface area contributed by atoms with Crippen LogP contribution in [-0.4, -0.2) is 34.0 Å². The normalized spacial score (nSPS) is 17.0.